The number of allylic oxidation sites excluding steroid dienone is 1. The number of benzene rings is 3. The zero-order valence-electron chi connectivity index (χ0n) is 16.9. The minimum atomic E-state index is -4.41. The highest BCUT2D eigenvalue weighted by molar-refractivity contribution is 7.14. The molecule has 0 unspecified atom stereocenters. The third-order valence-corrected chi connectivity index (χ3v) is 9.62. The standard InChI is InChI=1S/C25H25F3Si/c1-24(2,3)23(25(26,27)28)19-29(20-13-7-4-8-14-20,21-15-9-5-10-16-21)22-17-11-6-12-18-22/h4-19H,1-3H3. The van der Waals surface area contributed by atoms with Gasteiger partial charge in [0.15, 0.2) is 8.07 Å². The molecular weight excluding hydrogens is 385 g/mol. The lowest BCUT2D eigenvalue weighted by atomic mass is 9.87. The minimum Gasteiger partial charge on any atom is -0.166 e. The van der Waals surface area contributed by atoms with E-state index < -0.39 is 25.2 Å². The minimum absolute atomic E-state index is 0.478. The van der Waals surface area contributed by atoms with Gasteiger partial charge in [0.2, 0.25) is 0 Å². The lowest BCUT2D eigenvalue weighted by molar-refractivity contribution is -0.103. The van der Waals surface area contributed by atoms with Gasteiger partial charge in [0.25, 0.3) is 0 Å². The van der Waals surface area contributed by atoms with Crippen molar-refractivity contribution in [1.29, 1.82) is 0 Å². The summed E-state index contributed by atoms with van der Waals surface area (Å²) in [5.41, 5.74) is 0.0511. The van der Waals surface area contributed by atoms with E-state index in [-0.39, 0.29) is 0 Å². The fourth-order valence-corrected chi connectivity index (χ4v) is 8.48. The van der Waals surface area contributed by atoms with Crippen molar-refractivity contribution in [2.75, 3.05) is 0 Å². The summed E-state index contributed by atoms with van der Waals surface area (Å²) < 4.78 is 42.7. The highest BCUT2D eigenvalue weighted by Crippen LogP contribution is 2.39. The van der Waals surface area contributed by atoms with Gasteiger partial charge in [-0.3, -0.25) is 0 Å². The van der Waals surface area contributed by atoms with E-state index in [4.69, 9.17) is 0 Å². The maximum Gasteiger partial charge on any atom is 0.412 e. The van der Waals surface area contributed by atoms with E-state index in [1.807, 2.05) is 91.0 Å². The average molecular weight is 411 g/mol. The zero-order valence-corrected chi connectivity index (χ0v) is 17.9. The molecule has 0 atom stereocenters. The van der Waals surface area contributed by atoms with Crippen molar-refractivity contribution in [3.8, 4) is 0 Å². The quantitative estimate of drug-likeness (QED) is 0.408. The van der Waals surface area contributed by atoms with Crippen LogP contribution in [0.25, 0.3) is 0 Å². The van der Waals surface area contributed by atoms with E-state index >= 15 is 0 Å². The fraction of sp³-hybridized carbons (Fsp3) is 0.200. The van der Waals surface area contributed by atoms with Gasteiger partial charge in [0, 0.05) is 5.57 Å². The summed E-state index contributed by atoms with van der Waals surface area (Å²) in [6.07, 6.45) is -4.41. The smallest absolute Gasteiger partial charge is 0.166 e. The van der Waals surface area contributed by atoms with E-state index in [9.17, 15) is 13.2 Å². The van der Waals surface area contributed by atoms with E-state index in [1.54, 1.807) is 26.5 Å². The number of rotatable bonds is 4. The molecule has 0 aliphatic rings. The SMILES string of the molecule is CC(C)(C)C(=C[Si](c1ccccc1)(c1ccccc1)c1ccccc1)C(F)(F)F. The van der Waals surface area contributed by atoms with Crippen LogP contribution >= 0.6 is 0 Å². The van der Waals surface area contributed by atoms with Crippen LogP contribution in [0.2, 0.25) is 0 Å². The molecule has 0 bridgehead atoms. The van der Waals surface area contributed by atoms with Gasteiger partial charge in [0.05, 0.1) is 0 Å². The van der Waals surface area contributed by atoms with Gasteiger partial charge in [-0.2, -0.15) is 13.2 Å². The summed E-state index contributed by atoms with van der Waals surface area (Å²) in [6.45, 7) is 4.89. The van der Waals surface area contributed by atoms with Gasteiger partial charge in [0.1, 0.15) is 0 Å². The van der Waals surface area contributed by atoms with Crippen molar-refractivity contribution >= 4 is 23.6 Å². The van der Waals surface area contributed by atoms with E-state index in [0.717, 1.165) is 15.6 Å². The average Bonchev–Trinajstić information content (AvgIpc) is 2.69. The Balaban J connectivity index is 2.48. The second-order valence-electron chi connectivity index (χ2n) is 8.21. The Labute approximate surface area is 171 Å². The third-order valence-electron chi connectivity index (χ3n) is 5.16. The predicted octanol–water partition coefficient (Wildman–Crippen LogP) is 5.23. The Morgan fingerprint density at radius 3 is 1.17 bits per heavy atom. The maximum absolute atomic E-state index is 14.2. The molecule has 0 N–H and O–H groups in total. The molecule has 150 valence electrons. The Bertz CT molecular complexity index is 841. The Morgan fingerprint density at radius 1 is 0.621 bits per heavy atom. The van der Waals surface area contributed by atoms with Crippen LogP contribution in [0.1, 0.15) is 20.8 Å². The summed E-state index contributed by atoms with van der Waals surface area (Å²) in [4.78, 5) is 0. The van der Waals surface area contributed by atoms with Crippen LogP contribution in [0, 0.1) is 5.41 Å². The Hall–Kier alpha value is -2.59. The van der Waals surface area contributed by atoms with Crippen molar-refractivity contribution in [3.63, 3.8) is 0 Å². The summed E-state index contributed by atoms with van der Waals surface area (Å²) >= 11 is 0. The highest BCUT2D eigenvalue weighted by Gasteiger charge is 2.46. The molecule has 0 nitrogen and oxygen atoms in total. The molecule has 4 heteroatoms. The van der Waals surface area contributed by atoms with Crippen LogP contribution in [0.3, 0.4) is 0 Å². The second-order valence-corrected chi connectivity index (χ2v) is 11.8. The summed E-state index contributed by atoms with van der Waals surface area (Å²) in [7, 11) is -3.09. The first-order valence-corrected chi connectivity index (χ1v) is 11.7. The van der Waals surface area contributed by atoms with Gasteiger partial charge >= 0.3 is 6.18 Å². The molecule has 0 amide bonds. The van der Waals surface area contributed by atoms with E-state index in [1.165, 1.54) is 0 Å². The van der Waals surface area contributed by atoms with Gasteiger partial charge in [-0.25, -0.2) is 0 Å². The van der Waals surface area contributed by atoms with Crippen LogP contribution in [0.5, 0.6) is 0 Å². The van der Waals surface area contributed by atoms with Gasteiger partial charge in [-0.1, -0.05) is 117 Å². The topological polar surface area (TPSA) is 0 Å². The molecule has 0 spiro atoms. The molecule has 3 aromatic carbocycles. The molecule has 3 aromatic rings. The lowest BCUT2D eigenvalue weighted by Gasteiger charge is -2.35. The van der Waals surface area contributed by atoms with Gasteiger partial charge in [-0.15, -0.1) is 0 Å². The normalized spacial score (nSPS) is 13.4. The first-order valence-electron chi connectivity index (χ1n) is 9.63. The molecule has 0 saturated carbocycles. The lowest BCUT2D eigenvalue weighted by Crippen LogP contribution is -2.66. The van der Waals surface area contributed by atoms with Crippen LogP contribution < -0.4 is 15.6 Å². The van der Waals surface area contributed by atoms with Crippen molar-refractivity contribution in [2.45, 2.75) is 26.9 Å². The van der Waals surface area contributed by atoms with Gasteiger partial charge < -0.3 is 0 Å². The third kappa shape index (κ3) is 4.37. The molecule has 0 fully saturated rings. The maximum atomic E-state index is 14.2. The van der Waals surface area contributed by atoms with E-state index in [0.29, 0.717) is 0 Å². The molecule has 0 aromatic heterocycles. The fourth-order valence-electron chi connectivity index (χ4n) is 3.79. The zero-order chi connectivity index (χ0) is 21.1. The molecule has 3 rings (SSSR count). The summed E-state index contributed by atoms with van der Waals surface area (Å²) in [5, 5.41) is 2.80. The molecule has 0 aliphatic carbocycles. The number of hydrogen-bond acceptors (Lipinski definition) is 0. The summed E-state index contributed by atoms with van der Waals surface area (Å²) in [5.74, 6) is 0. The Kier molecular flexibility index (Phi) is 5.85. The molecule has 0 saturated heterocycles. The molecular formula is C25H25F3Si. The molecule has 0 heterocycles. The van der Waals surface area contributed by atoms with Crippen LogP contribution in [0.4, 0.5) is 13.2 Å². The molecule has 29 heavy (non-hydrogen) atoms. The molecule has 0 radical (unpaired) electrons. The van der Waals surface area contributed by atoms with Crippen molar-refractivity contribution < 1.29 is 13.2 Å². The second kappa shape index (κ2) is 8.03. The van der Waals surface area contributed by atoms with E-state index in [2.05, 4.69) is 0 Å². The number of halogens is 3. The van der Waals surface area contributed by atoms with Gasteiger partial charge in [-0.05, 0) is 21.0 Å². The number of hydrogen-bond donors (Lipinski definition) is 0. The monoisotopic (exact) mass is 410 g/mol. The first kappa shape index (κ1) is 21.1. The van der Waals surface area contributed by atoms with Crippen molar-refractivity contribution in [1.82, 2.24) is 0 Å². The van der Waals surface area contributed by atoms with Crippen LogP contribution in [-0.4, -0.2) is 14.3 Å². The predicted molar refractivity (Wildman–Crippen MR) is 118 cm³/mol. The number of alkyl halides is 3. The highest BCUT2D eigenvalue weighted by atomic mass is 28.3. The van der Waals surface area contributed by atoms with Crippen molar-refractivity contribution in [3.05, 3.63) is 102 Å². The molecule has 0 aliphatic heterocycles. The van der Waals surface area contributed by atoms with Crippen molar-refractivity contribution in [2.24, 2.45) is 5.41 Å². The first-order chi connectivity index (χ1) is 13.7. The van der Waals surface area contributed by atoms with Crippen LogP contribution in [0.15, 0.2) is 102 Å². The van der Waals surface area contributed by atoms with Crippen LogP contribution in [-0.2, 0) is 0 Å². The summed E-state index contributed by atoms with van der Waals surface area (Å²) in [6, 6.07) is 28.9. The Morgan fingerprint density at radius 2 is 0.931 bits per heavy atom. The largest absolute Gasteiger partial charge is 0.412 e.